The highest BCUT2D eigenvalue weighted by Gasteiger charge is 2.52. The predicted octanol–water partition coefficient (Wildman–Crippen LogP) is 2.40. The molecule has 2 amide bonds. The van der Waals surface area contributed by atoms with Gasteiger partial charge in [-0.3, -0.25) is 9.59 Å². The Morgan fingerprint density at radius 3 is 2.48 bits per heavy atom. The van der Waals surface area contributed by atoms with E-state index in [1.165, 1.54) is 6.42 Å². The highest BCUT2D eigenvalue weighted by Crippen LogP contribution is 2.45. The molecule has 0 N–H and O–H groups in total. The summed E-state index contributed by atoms with van der Waals surface area (Å²) in [4.78, 5) is 30.6. The Kier molecular flexibility index (Phi) is 5.21. The van der Waals surface area contributed by atoms with Crippen LogP contribution in [0.2, 0.25) is 0 Å². The Balaban J connectivity index is 1.66. The van der Waals surface area contributed by atoms with Crippen molar-refractivity contribution in [3.63, 3.8) is 0 Å². The van der Waals surface area contributed by atoms with Gasteiger partial charge in [0.15, 0.2) is 5.69 Å². The molecule has 7 nitrogen and oxygen atoms in total. The number of aryl methyl sites for hydroxylation is 1. The SMILES string of the molecule is Cc1cc(C(=O)N2CCCC3(CCOCC3)C2C(=O)N2CCCCC2)no1. The lowest BCUT2D eigenvalue weighted by atomic mass is 9.67. The first kappa shape index (κ1) is 18.5. The third-order valence-electron chi connectivity index (χ3n) is 6.46. The van der Waals surface area contributed by atoms with E-state index in [0.29, 0.717) is 31.2 Å². The van der Waals surface area contributed by atoms with Gasteiger partial charge in [-0.1, -0.05) is 5.16 Å². The number of piperidine rings is 2. The van der Waals surface area contributed by atoms with Crippen LogP contribution >= 0.6 is 0 Å². The fraction of sp³-hybridized carbons (Fsp3) is 0.750. The highest BCUT2D eigenvalue weighted by atomic mass is 16.5. The molecule has 0 aromatic carbocycles. The van der Waals surface area contributed by atoms with Gasteiger partial charge in [-0.05, 0) is 51.9 Å². The van der Waals surface area contributed by atoms with Crippen LogP contribution in [0.1, 0.15) is 61.2 Å². The molecule has 1 aromatic rings. The summed E-state index contributed by atoms with van der Waals surface area (Å²) in [7, 11) is 0. The van der Waals surface area contributed by atoms with Gasteiger partial charge in [0, 0.05) is 44.3 Å². The Morgan fingerprint density at radius 1 is 1.07 bits per heavy atom. The van der Waals surface area contributed by atoms with Crippen LogP contribution in [0.25, 0.3) is 0 Å². The molecule has 0 radical (unpaired) electrons. The summed E-state index contributed by atoms with van der Waals surface area (Å²) in [5.41, 5.74) is 0.118. The predicted molar refractivity (Wildman–Crippen MR) is 98.2 cm³/mol. The second-order valence-corrected chi connectivity index (χ2v) is 8.19. The third-order valence-corrected chi connectivity index (χ3v) is 6.46. The summed E-state index contributed by atoms with van der Waals surface area (Å²) < 4.78 is 10.7. The van der Waals surface area contributed by atoms with Crippen molar-refractivity contribution in [2.75, 3.05) is 32.8 Å². The van der Waals surface area contributed by atoms with Crippen LogP contribution in [-0.2, 0) is 9.53 Å². The average molecular weight is 375 g/mol. The normalized spacial score (nSPS) is 25.6. The lowest BCUT2D eigenvalue weighted by Gasteiger charge is -2.52. The molecule has 7 heteroatoms. The molecule has 3 aliphatic heterocycles. The summed E-state index contributed by atoms with van der Waals surface area (Å²) in [6.07, 6.45) is 6.82. The van der Waals surface area contributed by atoms with E-state index in [0.717, 1.165) is 51.6 Å². The van der Waals surface area contributed by atoms with Gasteiger partial charge in [0.2, 0.25) is 5.91 Å². The summed E-state index contributed by atoms with van der Waals surface area (Å²) in [6, 6.07) is 1.24. The molecule has 148 valence electrons. The molecule has 3 fully saturated rings. The summed E-state index contributed by atoms with van der Waals surface area (Å²) in [5, 5.41) is 3.91. The molecule has 27 heavy (non-hydrogen) atoms. The number of likely N-dealkylation sites (tertiary alicyclic amines) is 2. The van der Waals surface area contributed by atoms with Gasteiger partial charge in [0.05, 0.1) is 0 Å². The lowest BCUT2D eigenvalue weighted by Crippen LogP contribution is -2.63. The molecule has 0 bridgehead atoms. The monoisotopic (exact) mass is 375 g/mol. The Hall–Kier alpha value is -1.89. The van der Waals surface area contributed by atoms with Crippen molar-refractivity contribution in [1.29, 1.82) is 0 Å². The quantitative estimate of drug-likeness (QED) is 0.793. The number of aromatic nitrogens is 1. The number of ether oxygens (including phenoxy) is 1. The zero-order valence-electron chi connectivity index (χ0n) is 16.1. The van der Waals surface area contributed by atoms with Crippen LogP contribution < -0.4 is 0 Å². The van der Waals surface area contributed by atoms with Gasteiger partial charge in [0.1, 0.15) is 11.8 Å². The Morgan fingerprint density at radius 2 is 1.81 bits per heavy atom. The molecule has 1 atom stereocenters. The number of amides is 2. The van der Waals surface area contributed by atoms with Crippen molar-refractivity contribution in [3.05, 3.63) is 17.5 Å². The van der Waals surface area contributed by atoms with Gasteiger partial charge in [0.25, 0.3) is 5.91 Å². The number of nitrogens with zero attached hydrogens (tertiary/aromatic N) is 3. The van der Waals surface area contributed by atoms with Crippen molar-refractivity contribution in [2.45, 2.75) is 57.9 Å². The van der Waals surface area contributed by atoms with Gasteiger partial charge in [-0.2, -0.15) is 0 Å². The maximum absolute atomic E-state index is 13.6. The number of hydrogen-bond acceptors (Lipinski definition) is 5. The van der Waals surface area contributed by atoms with Crippen LogP contribution in [0.15, 0.2) is 10.6 Å². The summed E-state index contributed by atoms with van der Waals surface area (Å²) >= 11 is 0. The zero-order chi connectivity index (χ0) is 18.9. The van der Waals surface area contributed by atoms with Crippen molar-refractivity contribution < 1.29 is 18.8 Å². The number of hydrogen-bond donors (Lipinski definition) is 0. The molecule has 4 heterocycles. The topological polar surface area (TPSA) is 75.9 Å². The molecule has 1 spiro atoms. The highest BCUT2D eigenvalue weighted by molar-refractivity contribution is 5.96. The minimum atomic E-state index is -0.419. The van der Waals surface area contributed by atoms with Crippen LogP contribution in [0, 0.1) is 12.3 Å². The standard InChI is InChI=1S/C20H29N3O4/c1-15-14-16(21-27-15)18(24)23-11-5-6-20(7-12-26-13-8-20)17(23)19(25)22-9-3-2-4-10-22/h14,17H,2-13H2,1H3. The minimum absolute atomic E-state index is 0.116. The lowest BCUT2D eigenvalue weighted by molar-refractivity contribution is -0.149. The Bertz CT molecular complexity index is 684. The largest absolute Gasteiger partial charge is 0.381 e. The van der Waals surface area contributed by atoms with E-state index in [9.17, 15) is 9.59 Å². The van der Waals surface area contributed by atoms with Gasteiger partial charge in [-0.25, -0.2) is 0 Å². The number of carbonyl (C=O) groups is 2. The molecule has 0 aliphatic carbocycles. The van der Waals surface area contributed by atoms with E-state index in [4.69, 9.17) is 9.26 Å². The summed E-state index contributed by atoms with van der Waals surface area (Å²) in [5.74, 6) is 0.535. The van der Waals surface area contributed by atoms with Crippen LogP contribution in [0.4, 0.5) is 0 Å². The first-order valence-electron chi connectivity index (χ1n) is 10.2. The third kappa shape index (κ3) is 3.49. The molecular formula is C20H29N3O4. The fourth-order valence-electron chi connectivity index (χ4n) is 5.01. The van der Waals surface area contributed by atoms with E-state index in [1.54, 1.807) is 17.9 Å². The molecule has 1 unspecified atom stereocenters. The maximum atomic E-state index is 13.6. The van der Waals surface area contributed by atoms with Gasteiger partial charge in [-0.15, -0.1) is 0 Å². The van der Waals surface area contributed by atoms with E-state index in [1.807, 2.05) is 4.90 Å². The zero-order valence-corrected chi connectivity index (χ0v) is 16.1. The first-order chi connectivity index (χ1) is 13.1. The van der Waals surface area contributed by atoms with Crippen LogP contribution in [-0.4, -0.2) is 65.7 Å². The first-order valence-corrected chi connectivity index (χ1v) is 10.2. The minimum Gasteiger partial charge on any atom is -0.381 e. The summed E-state index contributed by atoms with van der Waals surface area (Å²) in [6.45, 7) is 5.29. The van der Waals surface area contributed by atoms with E-state index < -0.39 is 6.04 Å². The van der Waals surface area contributed by atoms with Crippen molar-refractivity contribution in [1.82, 2.24) is 15.0 Å². The fourth-order valence-corrected chi connectivity index (χ4v) is 5.01. The number of rotatable bonds is 2. The number of carbonyl (C=O) groups excluding carboxylic acids is 2. The molecule has 0 saturated carbocycles. The maximum Gasteiger partial charge on any atom is 0.276 e. The van der Waals surface area contributed by atoms with Crippen LogP contribution in [0.3, 0.4) is 0 Å². The van der Waals surface area contributed by atoms with Crippen LogP contribution in [0.5, 0.6) is 0 Å². The van der Waals surface area contributed by atoms with E-state index in [-0.39, 0.29) is 17.2 Å². The van der Waals surface area contributed by atoms with Crippen molar-refractivity contribution in [2.24, 2.45) is 5.41 Å². The molecule has 3 aliphatic rings. The van der Waals surface area contributed by atoms with E-state index >= 15 is 0 Å². The molecule has 4 rings (SSSR count). The van der Waals surface area contributed by atoms with Gasteiger partial charge >= 0.3 is 0 Å². The average Bonchev–Trinajstić information content (AvgIpc) is 3.14. The second-order valence-electron chi connectivity index (χ2n) is 8.19. The van der Waals surface area contributed by atoms with Crippen molar-refractivity contribution >= 4 is 11.8 Å². The van der Waals surface area contributed by atoms with Crippen molar-refractivity contribution in [3.8, 4) is 0 Å². The second kappa shape index (κ2) is 7.62. The van der Waals surface area contributed by atoms with E-state index in [2.05, 4.69) is 5.16 Å². The molecular weight excluding hydrogens is 346 g/mol. The Labute approximate surface area is 160 Å². The molecule has 3 saturated heterocycles. The smallest absolute Gasteiger partial charge is 0.276 e. The van der Waals surface area contributed by atoms with Gasteiger partial charge < -0.3 is 19.1 Å². The molecule has 1 aromatic heterocycles.